The van der Waals surface area contributed by atoms with Crippen LogP contribution in [0.15, 0.2) is 24.4 Å². The molecule has 0 bridgehead atoms. The molecular weight excluding hydrogens is 364 g/mol. The number of rotatable bonds is 5. The van der Waals surface area contributed by atoms with Crippen LogP contribution in [0, 0.1) is 0 Å². The molecule has 2 heterocycles. The molecule has 27 heavy (non-hydrogen) atoms. The van der Waals surface area contributed by atoms with Crippen LogP contribution in [-0.2, 0) is 0 Å². The molecule has 9 nitrogen and oxygen atoms in total. The SMILES string of the molecule is NC(=O)c1cnc(N[C@@H]2CCCC[C@@H]2N)nc1Nc1cccc2nsnc12. The number of nitrogens with zero attached hydrogens (tertiary/aromatic N) is 4. The van der Waals surface area contributed by atoms with Gasteiger partial charge in [0.1, 0.15) is 22.4 Å². The Bertz CT molecular complexity index is 974. The van der Waals surface area contributed by atoms with Crippen molar-refractivity contribution in [2.45, 2.75) is 37.8 Å². The molecule has 1 aromatic carbocycles. The van der Waals surface area contributed by atoms with Crippen molar-refractivity contribution >= 4 is 46.1 Å². The van der Waals surface area contributed by atoms with Crippen molar-refractivity contribution in [1.29, 1.82) is 0 Å². The van der Waals surface area contributed by atoms with Gasteiger partial charge in [0, 0.05) is 18.3 Å². The van der Waals surface area contributed by atoms with Crippen LogP contribution in [0.1, 0.15) is 36.0 Å². The number of aromatic nitrogens is 4. The van der Waals surface area contributed by atoms with Crippen molar-refractivity contribution in [3.8, 4) is 0 Å². The average molecular weight is 384 g/mol. The van der Waals surface area contributed by atoms with Crippen LogP contribution >= 0.6 is 11.7 Å². The van der Waals surface area contributed by atoms with Gasteiger partial charge < -0.3 is 22.1 Å². The van der Waals surface area contributed by atoms with E-state index in [1.807, 2.05) is 18.2 Å². The lowest BCUT2D eigenvalue weighted by atomic mass is 9.91. The maximum Gasteiger partial charge on any atom is 0.254 e. The zero-order valence-electron chi connectivity index (χ0n) is 14.6. The fourth-order valence-corrected chi connectivity index (χ4v) is 3.82. The summed E-state index contributed by atoms with van der Waals surface area (Å²) in [7, 11) is 0. The number of fused-ring (bicyclic) bond motifs is 1. The highest BCUT2D eigenvalue weighted by Crippen LogP contribution is 2.27. The monoisotopic (exact) mass is 384 g/mol. The van der Waals surface area contributed by atoms with Gasteiger partial charge >= 0.3 is 0 Å². The summed E-state index contributed by atoms with van der Waals surface area (Å²) in [6, 6.07) is 5.75. The van der Waals surface area contributed by atoms with E-state index in [4.69, 9.17) is 11.5 Å². The first-order valence-corrected chi connectivity index (χ1v) is 9.52. The minimum absolute atomic E-state index is 0.0596. The molecule has 1 aliphatic rings. The van der Waals surface area contributed by atoms with Gasteiger partial charge in [0.05, 0.1) is 17.4 Å². The first-order chi connectivity index (χ1) is 13.1. The number of hydrogen-bond donors (Lipinski definition) is 4. The largest absolute Gasteiger partial charge is 0.365 e. The molecule has 0 radical (unpaired) electrons. The second-order valence-corrected chi connectivity index (χ2v) is 7.11. The van der Waals surface area contributed by atoms with Crippen molar-refractivity contribution < 1.29 is 4.79 Å². The van der Waals surface area contributed by atoms with Crippen molar-refractivity contribution in [1.82, 2.24) is 18.7 Å². The molecule has 1 fully saturated rings. The Kier molecular flexibility index (Phi) is 4.82. The molecule has 2 atom stereocenters. The minimum atomic E-state index is -0.609. The van der Waals surface area contributed by atoms with Crippen LogP contribution in [0.25, 0.3) is 11.0 Å². The van der Waals surface area contributed by atoms with Gasteiger partial charge in [-0.15, -0.1) is 0 Å². The predicted octanol–water partition coefficient (Wildman–Crippen LogP) is 2.01. The molecular formula is C17H20N8OS. The van der Waals surface area contributed by atoms with Gasteiger partial charge in [0.2, 0.25) is 5.95 Å². The summed E-state index contributed by atoms with van der Waals surface area (Å²) in [5.41, 5.74) is 14.1. The van der Waals surface area contributed by atoms with E-state index in [0.29, 0.717) is 23.0 Å². The third kappa shape index (κ3) is 3.67. The van der Waals surface area contributed by atoms with E-state index < -0.39 is 5.91 Å². The van der Waals surface area contributed by atoms with Crippen LogP contribution in [-0.4, -0.2) is 36.7 Å². The third-order valence-electron chi connectivity index (χ3n) is 4.73. The highest BCUT2D eigenvalue weighted by molar-refractivity contribution is 7.00. The first kappa shape index (κ1) is 17.6. The van der Waals surface area contributed by atoms with E-state index in [1.165, 1.54) is 6.20 Å². The van der Waals surface area contributed by atoms with Crippen LogP contribution in [0.5, 0.6) is 0 Å². The summed E-state index contributed by atoms with van der Waals surface area (Å²) in [6.45, 7) is 0. The number of nitrogens with two attached hydrogens (primary N) is 2. The van der Waals surface area contributed by atoms with E-state index in [2.05, 4.69) is 29.3 Å². The molecule has 0 spiro atoms. The van der Waals surface area contributed by atoms with Gasteiger partial charge in [0.25, 0.3) is 5.91 Å². The van der Waals surface area contributed by atoms with Crippen molar-refractivity contribution in [3.63, 3.8) is 0 Å². The molecule has 0 aliphatic heterocycles. The van der Waals surface area contributed by atoms with Crippen LogP contribution in [0.4, 0.5) is 17.5 Å². The van der Waals surface area contributed by atoms with E-state index in [1.54, 1.807) is 0 Å². The molecule has 1 aliphatic carbocycles. The molecule has 1 amide bonds. The molecule has 1 saturated carbocycles. The summed E-state index contributed by atoms with van der Waals surface area (Å²) >= 11 is 1.12. The van der Waals surface area contributed by atoms with Gasteiger partial charge in [-0.2, -0.15) is 13.7 Å². The van der Waals surface area contributed by atoms with Gasteiger partial charge in [-0.25, -0.2) is 4.98 Å². The van der Waals surface area contributed by atoms with Crippen molar-refractivity contribution in [2.24, 2.45) is 11.5 Å². The van der Waals surface area contributed by atoms with Crippen molar-refractivity contribution in [2.75, 3.05) is 10.6 Å². The average Bonchev–Trinajstić information content (AvgIpc) is 3.13. The van der Waals surface area contributed by atoms with Crippen molar-refractivity contribution in [3.05, 3.63) is 30.0 Å². The van der Waals surface area contributed by atoms with Gasteiger partial charge in [-0.05, 0) is 25.0 Å². The Balaban J connectivity index is 1.65. The van der Waals surface area contributed by atoms with Gasteiger partial charge in [-0.1, -0.05) is 18.9 Å². The Hall–Kier alpha value is -2.85. The molecule has 4 rings (SSSR count). The van der Waals surface area contributed by atoms with Crippen LogP contribution in [0.3, 0.4) is 0 Å². The van der Waals surface area contributed by atoms with Gasteiger partial charge in [-0.3, -0.25) is 4.79 Å². The van der Waals surface area contributed by atoms with E-state index >= 15 is 0 Å². The number of amides is 1. The summed E-state index contributed by atoms with van der Waals surface area (Å²) in [5.74, 6) is 0.125. The standard InChI is InChI=1S/C17H20N8OS/c18-10-4-1-2-5-11(10)22-17-20-8-9(15(19)26)16(23-17)21-12-6-3-7-13-14(12)25-27-24-13/h3,6-8,10-11H,1-2,4-5,18H2,(H2,19,26)(H2,20,21,22,23)/t10-,11+/m0/s1. The Morgan fingerprint density at radius 1 is 1.22 bits per heavy atom. The number of carbonyl (C=O) groups excluding carboxylic acids is 1. The smallest absolute Gasteiger partial charge is 0.254 e. The lowest BCUT2D eigenvalue weighted by molar-refractivity contribution is 0.100. The fourth-order valence-electron chi connectivity index (χ4n) is 3.27. The first-order valence-electron chi connectivity index (χ1n) is 8.79. The lowest BCUT2D eigenvalue weighted by Crippen LogP contribution is -2.43. The van der Waals surface area contributed by atoms with Crippen LogP contribution in [0.2, 0.25) is 0 Å². The quantitative estimate of drug-likeness (QED) is 0.523. The maximum atomic E-state index is 11.8. The maximum absolute atomic E-state index is 11.8. The molecule has 3 aromatic rings. The van der Waals surface area contributed by atoms with E-state index in [9.17, 15) is 4.79 Å². The second kappa shape index (κ2) is 7.41. The second-order valence-electron chi connectivity index (χ2n) is 6.58. The highest BCUT2D eigenvalue weighted by Gasteiger charge is 2.23. The summed E-state index contributed by atoms with van der Waals surface area (Å²) < 4.78 is 8.51. The van der Waals surface area contributed by atoms with Gasteiger partial charge in [0.15, 0.2) is 0 Å². The summed E-state index contributed by atoms with van der Waals surface area (Å²) in [5, 5.41) is 6.44. The molecule has 2 aromatic heterocycles. The van der Waals surface area contributed by atoms with Crippen LogP contribution < -0.4 is 22.1 Å². The Labute approximate surface area is 159 Å². The number of carbonyl (C=O) groups is 1. The minimum Gasteiger partial charge on any atom is -0.365 e. The van der Waals surface area contributed by atoms with E-state index in [0.717, 1.165) is 42.9 Å². The number of nitrogens with one attached hydrogen (secondary N) is 2. The van der Waals surface area contributed by atoms with E-state index in [-0.39, 0.29) is 17.6 Å². The number of primary amides is 1. The highest BCUT2D eigenvalue weighted by atomic mass is 32.1. The lowest BCUT2D eigenvalue weighted by Gasteiger charge is -2.29. The molecule has 0 saturated heterocycles. The Morgan fingerprint density at radius 3 is 2.89 bits per heavy atom. The zero-order valence-corrected chi connectivity index (χ0v) is 15.4. The topological polar surface area (TPSA) is 145 Å². The summed E-state index contributed by atoms with van der Waals surface area (Å²) in [6.07, 6.45) is 5.62. The third-order valence-corrected chi connectivity index (χ3v) is 5.27. The number of anilines is 3. The molecule has 10 heteroatoms. The number of hydrogen-bond acceptors (Lipinski definition) is 9. The molecule has 6 N–H and O–H groups in total. The fraction of sp³-hybridized carbons (Fsp3) is 0.353. The predicted molar refractivity (Wildman–Crippen MR) is 105 cm³/mol. The molecule has 0 unspecified atom stereocenters. The zero-order chi connectivity index (χ0) is 18.8. The normalized spacial score (nSPS) is 19.7. The number of benzene rings is 1. The summed E-state index contributed by atoms with van der Waals surface area (Å²) in [4.78, 5) is 20.5. The Morgan fingerprint density at radius 2 is 2.07 bits per heavy atom. The molecule has 140 valence electrons.